The van der Waals surface area contributed by atoms with E-state index in [4.69, 9.17) is 5.73 Å². The number of primary amides is 1. The van der Waals surface area contributed by atoms with Crippen molar-refractivity contribution in [2.24, 2.45) is 17.6 Å². The molecule has 0 bridgehead atoms. The molecule has 0 radical (unpaired) electrons. The fourth-order valence-electron chi connectivity index (χ4n) is 14.7. The van der Waals surface area contributed by atoms with Gasteiger partial charge in [-0.3, -0.25) is 76.7 Å². The molecule has 11 atom stereocenters. The first kappa shape index (κ1) is 99.8. The lowest BCUT2D eigenvalue weighted by atomic mass is 9.98. The fourth-order valence-corrected chi connectivity index (χ4v) is 15.6. The molecule has 0 saturated carbocycles. The van der Waals surface area contributed by atoms with Crippen molar-refractivity contribution in [3.05, 3.63) is 203 Å². The van der Waals surface area contributed by atoms with Crippen molar-refractivity contribution in [1.82, 2.24) is 77.8 Å². The standard InChI is InChI=1S/C92H116N16O19S/c1-10-11-31-73-90(125)105(6)51-78(113)98-70(47-80(115)116)87(122)104-81(55(4)5)92(127)107(8)74(44-57-25-17-13-18-26-57)88(123)102-67(41-59-32-36-62(109)37-33-59)82(117)96-50-77(112)97-69(46-61-48-94-65-30-22-21-29-64(61)65)86(121)101-68(42-60-34-38-63(110)39-35-60)85(120)100-66(40-54(2)3)84(119)103-72(83(118)95-49-76(93)111)52-128-53-79(114)99-71(43-56-23-15-12-16-24-56)89(124)108(9)75(91(126)106(73)7)45-58-27-19-14-20-28-58/h12-30,32-39,48,54-55,66-75,81,94,109-110H,10-11,31,40-47,49-53H2,1-9H3,(H2,93,111)(H,95,118)(H,96,117)(H,97,112)(H,98,113)(H,99,114)(H,100,120)(H,101,121)(H,102,123)(H,103,119)(H,104,122)(H,115,116)/t66-,67-,68-,69-,70-,71-,72-,73-,74-,75-,81-/m0/s1. The highest BCUT2D eigenvalue weighted by molar-refractivity contribution is 8.00. The van der Waals surface area contributed by atoms with Gasteiger partial charge in [0.25, 0.3) is 0 Å². The zero-order valence-corrected chi connectivity index (χ0v) is 73.9. The van der Waals surface area contributed by atoms with Gasteiger partial charge in [0.1, 0.15) is 78.0 Å². The molecule has 36 heteroatoms. The van der Waals surface area contributed by atoms with E-state index in [0.717, 1.165) is 21.6 Å². The maximum absolute atomic E-state index is 15.5. The number of H-pyrrole nitrogens is 1. The molecular weight excluding hydrogens is 1670 g/mol. The summed E-state index contributed by atoms with van der Waals surface area (Å²) in [6, 6.07) is 27.1. The predicted octanol–water partition coefficient (Wildman–Crippen LogP) is 1.98. The lowest BCUT2D eigenvalue weighted by molar-refractivity contribution is -0.151. The van der Waals surface area contributed by atoms with Crippen LogP contribution in [0.15, 0.2) is 170 Å². The molecule has 1 aliphatic heterocycles. The number of carbonyl (C=O) groups is 16. The Hall–Kier alpha value is -13.7. The van der Waals surface area contributed by atoms with Gasteiger partial charge in [0.15, 0.2) is 0 Å². The molecule has 7 aromatic rings. The molecule has 684 valence electrons. The Morgan fingerprint density at radius 2 is 0.945 bits per heavy atom. The molecule has 128 heavy (non-hydrogen) atoms. The summed E-state index contributed by atoms with van der Waals surface area (Å²) < 4.78 is 0. The topological polar surface area (TPSA) is 509 Å². The zero-order valence-electron chi connectivity index (χ0n) is 73.1. The van der Waals surface area contributed by atoms with Crippen molar-refractivity contribution in [2.45, 2.75) is 172 Å². The minimum absolute atomic E-state index is 0.0298. The third-order valence-corrected chi connectivity index (χ3v) is 22.8. The SMILES string of the molecule is CCCC[C@H]1C(=O)N(C)CC(=O)N[C@@H](CC(=O)O)C(=O)N[C@@H](C(C)C)C(=O)N(C)[C@@H](Cc2ccccc2)C(=O)N[C@@H](Cc2ccc(O)cc2)C(=O)NCC(=O)N[C@@H](Cc2c[nH]c3ccccc23)C(=O)N[C@@H](Cc2ccc(O)cc2)C(=O)N[C@@H](CC(C)C)C(=O)N[C@H](C(=O)NCC(N)=O)CSCC(=O)N[C@@H](Cc2ccccc2)C(=O)N(C)[C@@H](Cc2ccccc2)C(=O)N1C. The van der Waals surface area contributed by atoms with Crippen LogP contribution in [0, 0.1) is 11.8 Å². The van der Waals surface area contributed by atoms with E-state index in [-0.39, 0.29) is 74.5 Å². The number of hydrogen-bond acceptors (Lipinski definition) is 19. The zero-order chi connectivity index (χ0) is 93.4. The number of para-hydroxylation sites is 1. The molecule has 0 unspecified atom stereocenters. The smallest absolute Gasteiger partial charge is 0.305 e. The number of hydrogen-bond donors (Lipinski definition) is 15. The average Bonchev–Trinajstić information content (AvgIpc) is 0.940. The number of phenolic OH excluding ortho intramolecular Hbond substituents is 2. The van der Waals surface area contributed by atoms with Crippen LogP contribution in [0.1, 0.15) is 100 Å². The Morgan fingerprint density at radius 1 is 0.477 bits per heavy atom. The molecule has 1 aromatic heterocycles. The van der Waals surface area contributed by atoms with E-state index in [9.17, 15) is 63.3 Å². The third kappa shape index (κ3) is 30.3. The number of rotatable bonds is 23. The number of likely N-dealkylation sites (N-methyl/N-ethyl adjacent to an activating group) is 4. The number of benzene rings is 6. The fraction of sp³-hybridized carbons (Fsp3) is 0.413. The van der Waals surface area contributed by atoms with Gasteiger partial charge in [-0.15, -0.1) is 11.8 Å². The molecule has 1 saturated heterocycles. The van der Waals surface area contributed by atoms with Crippen LogP contribution < -0.4 is 58.9 Å². The number of aromatic hydroxyl groups is 2. The summed E-state index contributed by atoms with van der Waals surface area (Å²) in [6.45, 7) is 6.09. The molecule has 6 aromatic carbocycles. The quantitative estimate of drug-likeness (QED) is 0.0435. The highest BCUT2D eigenvalue weighted by atomic mass is 32.2. The van der Waals surface area contributed by atoms with Gasteiger partial charge in [0.05, 0.1) is 31.8 Å². The Morgan fingerprint density at radius 3 is 1.50 bits per heavy atom. The molecule has 2 heterocycles. The van der Waals surface area contributed by atoms with Gasteiger partial charge in [-0.25, -0.2) is 0 Å². The summed E-state index contributed by atoms with van der Waals surface area (Å²) in [5.41, 5.74) is 9.08. The Balaban J connectivity index is 1.20. The number of thioether (sulfide) groups is 1. The second kappa shape index (κ2) is 48.7. The number of phenols is 2. The van der Waals surface area contributed by atoms with Crippen molar-refractivity contribution < 1.29 is 92.0 Å². The van der Waals surface area contributed by atoms with Gasteiger partial charge < -0.3 is 98.8 Å². The van der Waals surface area contributed by atoms with Gasteiger partial charge in [-0.1, -0.05) is 181 Å². The minimum atomic E-state index is -1.91. The third-order valence-electron chi connectivity index (χ3n) is 21.7. The van der Waals surface area contributed by atoms with Crippen LogP contribution in [0.4, 0.5) is 0 Å². The summed E-state index contributed by atoms with van der Waals surface area (Å²) >= 11 is 0.828. The van der Waals surface area contributed by atoms with Crippen molar-refractivity contribution in [1.29, 1.82) is 0 Å². The lowest BCUT2D eigenvalue weighted by Crippen LogP contribution is -2.61. The number of nitrogens with zero attached hydrogens (tertiary/aromatic N) is 4. The Kier molecular flexibility index (Phi) is 38.0. The van der Waals surface area contributed by atoms with E-state index in [0.29, 0.717) is 57.1 Å². The maximum atomic E-state index is 15.5. The monoisotopic (exact) mass is 1780 g/mol. The van der Waals surface area contributed by atoms with Crippen LogP contribution >= 0.6 is 11.8 Å². The predicted molar refractivity (Wildman–Crippen MR) is 477 cm³/mol. The van der Waals surface area contributed by atoms with Gasteiger partial charge in [-0.05, 0) is 88.4 Å². The van der Waals surface area contributed by atoms with E-state index >= 15 is 28.8 Å². The summed E-state index contributed by atoms with van der Waals surface area (Å²) in [5, 5.41) is 57.9. The number of carbonyl (C=O) groups excluding carboxylic acids is 15. The molecular formula is C92H116N16O19S. The van der Waals surface area contributed by atoms with Crippen LogP contribution in [0.5, 0.6) is 11.5 Å². The number of nitrogens with two attached hydrogens (primary N) is 1. The first-order valence-corrected chi connectivity index (χ1v) is 43.4. The average molecular weight is 1780 g/mol. The second-order valence-electron chi connectivity index (χ2n) is 32.6. The van der Waals surface area contributed by atoms with E-state index in [1.807, 2.05) is 6.92 Å². The number of aromatic nitrogens is 1. The maximum Gasteiger partial charge on any atom is 0.305 e. The molecule has 0 aliphatic carbocycles. The van der Waals surface area contributed by atoms with Crippen LogP contribution in [0.3, 0.4) is 0 Å². The number of fused-ring (bicyclic) bond motifs is 1. The lowest BCUT2D eigenvalue weighted by Gasteiger charge is -2.37. The number of unbranched alkanes of at least 4 members (excludes halogenated alkanes) is 1. The Labute approximate surface area is 746 Å². The summed E-state index contributed by atoms with van der Waals surface area (Å²) in [5.74, 6) is -17.6. The summed E-state index contributed by atoms with van der Waals surface area (Å²) in [7, 11) is 5.27. The summed E-state index contributed by atoms with van der Waals surface area (Å²) in [4.78, 5) is 241. The molecule has 1 aliphatic rings. The van der Waals surface area contributed by atoms with Gasteiger partial charge in [-0.2, -0.15) is 0 Å². The first-order valence-electron chi connectivity index (χ1n) is 42.3. The second-order valence-corrected chi connectivity index (χ2v) is 33.6. The molecule has 16 N–H and O–H groups in total. The highest BCUT2D eigenvalue weighted by Gasteiger charge is 2.42. The number of aliphatic carboxylic acids is 1. The highest BCUT2D eigenvalue weighted by Crippen LogP contribution is 2.24. The molecule has 1 fully saturated rings. The van der Waals surface area contributed by atoms with Crippen LogP contribution in [-0.2, 0) is 115 Å². The first-order chi connectivity index (χ1) is 61.0. The van der Waals surface area contributed by atoms with E-state index in [2.05, 4.69) is 58.2 Å². The molecule has 0 spiro atoms. The molecule has 35 nitrogen and oxygen atoms in total. The number of carboxylic acid groups (broad SMARTS) is 1. The van der Waals surface area contributed by atoms with E-state index in [1.54, 1.807) is 149 Å². The van der Waals surface area contributed by atoms with Crippen LogP contribution in [0.25, 0.3) is 10.9 Å². The van der Waals surface area contributed by atoms with Crippen molar-refractivity contribution in [3.8, 4) is 11.5 Å². The number of aromatic amines is 1. The normalized spacial score (nSPS) is 21.9. The number of amides is 15. The van der Waals surface area contributed by atoms with Crippen molar-refractivity contribution in [3.63, 3.8) is 0 Å². The number of carboxylic acids is 1. The molecule has 8 rings (SSSR count). The number of nitrogens with one attached hydrogen (secondary N) is 11. The van der Waals surface area contributed by atoms with Crippen LogP contribution in [0.2, 0.25) is 0 Å². The molecule has 15 amide bonds. The summed E-state index contributed by atoms with van der Waals surface area (Å²) in [6.07, 6.45) is 0.0646. The Bertz CT molecular complexity index is 5030. The van der Waals surface area contributed by atoms with Gasteiger partial charge in [0.2, 0.25) is 88.6 Å². The van der Waals surface area contributed by atoms with Crippen molar-refractivity contribution >= 4 is 117 Å². The van der Waals surface area contributed by atoms with E-state index in [1.165, 1.54) is 86.5 Å². The largest absolute Gasteiger partial charge is 0.508 e. The van der Waals surface area contributed by atoms with Gasteiger partial charge >= 0.3 is 5.97 Å². The van der Waals surface area contributed by atoms with Gasteiger partial charge in [0, 0.05) is 89.6 Å². The van der Waals surface area contributed by atoms with Crippen molar-refractivity contribution in [2.75, 3.05) is 59.3 Å². The minimum Gasteiger partial charge on any atom is -0.508 e. The van der Waals surface area contributed by atoms with Crippen LogP contribution in [-0.4, -0.2) is 260 Å². The van der Waals surface area contributed by atoms with E-state index < -0.39 is 199 Å².